The highest BCUT2D eigenvalue weighted by Crippen LogP contribution is 2.38. The van der Waals surface area contributed by atoms with Crippen molar-refractivity contribution in [2.45, 2.75) is 25.5 Å². The highest BCUT2D eigenvalue weighted by Gasteiger charge is 2.36. The standard InChI is InChI=1S/C23H23F3N6O2/c1-23(25,26)18-12-31(19-6-4-14(24)8-17(18)19)16-10-30(11-16)22-29-28-20(13-33-2)32(22)15-5-7-21(34-3)27-9-15/h4-9,12,16H,10-11,13H2,1-3H3. The molecule has 0 spiro atoms. The zero-order valence-electron chi connectivity index (χ0n) is 18.9. The van der Waals surface area contributed by atoms with E-state index in [0.29, 0.717) is 36.3 Å². The van der Waals surface area contributed by atoms with E-state index in [1.807, 2.05) is 15.5 Å². The van der Waals surface area contributed by atoms with Gasteiger partial charge < -0.3 is 18.9 Å². The molecule has 1 aliphatic rings. The van der Waals surface area contributed by atoms with Crippen molar-refractivity contribution in [3.8, 4) is 11.6 Å². The van der Waals surface area contributed by atoms with Gasteiger partial charge in [0, 0.05) is 55.9 Å². The van der Waals surface area contributed by atoms with Crippen LogP contribution in [-0.4, -0.2) is 51.6 Å². The fourth-order valence-corrected chi connectivity index (χ4v) is 4.30. The van der Waals surface area contributed by atoms with Gasteiger partial charge in [-0.25, -0.2) is 18.2 Å². The molecule has 0 bridgehead atoms. The number of hydrogen-bond donors (Lipinski definition) is 0. The Hall–Kier alpha value is -3.60. The molecule has 0 atom stereocenters. The number of rotatable bonds is 7. The number of ether oxygens (including phenoxy) is 2. The summed E-state index contributed by atoms with van der Waals surface area (Å²) >= 11 is 0. The molecule has 8 nitrogen and oxygen atoms in total. The molecule has 1 saturated heterocycles. The van der Waals surface area contributed by atoms with Gasteiger partial charge in [-0.1, -0.05) is 0 Å². The maximum absolute atomic E-state index is 14.2. The Morgan fingerprint density at radius 2 is 1.91 bits per heavy atom. The third-order valence-electron chi connectivity index (χ3n) is 5.98. The number of pyridine rings is 1. The minimum absolute atomic E-state index is 0.0888. The Labute approximate surface area is 193 Å². The lowest BCUT2D eigenvalue weighted by molar-refractivity contribution is 0.0188. The Bertz CT molecular complexity index is 1320. The van der Waals surface area contributed by atoms with Gasteiger partial charge in [0.25, 0.3) is 5.92 Å². The van der Waals surface area contributed by atoms with Crippen LogP contribution < -0.4 is 9.64 Å². The van der Waals surface area contributed by atoms with Crippen LogP contribution in [0.5, 0.6) is 5.88 Å². The molecule has 34 heavy (non-hydrogen) atoms. The van der Waals surface area contributed by atoms with E-state index < -0.39 is 11.7 Å². The molecule has 1 fully saturated rings. The summed E-state index contributed by atoms with van der Waals surface area (Å²) in [4.78, 5) is 6.26. The molecule has 0 unspecified atom stereocenters. The molecule has 0 saturated carbocycles. The zero-order valence-corrected chi connectivity index (χ0v) is 18.9. The van der Waals surface area contributed by atoms with Crippen molar-refractivity contribution in [2.75, 3.05) is 32.2 Å². The third-order valence-corrected chi connectivity index (χ3v) is 5.98. The summed E-state index contributed by atoms with van der Waals surface area (Å²) in [6.45, 7) is 2.11. The van der Waals surface area contributed by atoms with Crippen molar-refractivity contribution in [1.29, 1.82) is 0 Å². The maximum Gasteiger partial charge on any atom is 0.272 e. The van der Waals surface area contributed by atoms with Crippen LogP contribution in [0.1, 0.15) is 24.4 Å². The van der Waals surface area contributed by atoms with Gasteiger partial charge in [0.2, 0.25) is 11.8 Å². The Morgan fingerprint density at radius 1 is 1.12 bits per heavy atom. The third kappa shape index (κ3) is 3.75. The van der Waals surface area contributed by atoms with E-state index >= 15 is 0 Å². The monoisotopic (exact) mass is 472 g/mol. The van der Waals surface area contributed by atoms with E-state index in [1.54, 1.807) is 37.1 Å². The Kier molecular flexibility index (Phi) is 5.43. The largest absolute Gasteiger partial charge is 0.481 e. The SMILES string of the molecule is COCc1nnc(N2CC(n3cc(C(C)(F)F)c4cc(F)ccc43)C2)n1-c1ccc(OC)nc1. The highest BCUT2D eigenvalue weighted by atomic mass is 19.3. The number of halogens is 3. The van der Waals surface area contributed by atoms with Crippen LogP contribution in [0.2, 0.25) is 0 Å². The average Bonchev–Trinajstić information content (AvgIpc) is 3.35. The Morgan fingerprint density at radius 3 is 2.56 bits per heavy atom. The van der Waals surface area contributed by atoms with Crippen LogP contribution in [0, 0.1) is 5.82 Å². The first-order valence-electron chi connectivity index (χ1n) is 10.7. The number of nitrogens with zero attached hydrogens (tertiary/aromatic N) is 6. The van der Waals surface area contributed by atoms with E-state index in [1.165, 1.54) is 18.3 Å². The number of anilines is 1. The van der Waals surface area contributed by atoms with Crippen LogP contribution in [0.3, 0.4) is 0 Å². The van der Waals surface area contributed by atoms with Crippen molar-refractivity contribution in [3.63, 3.8) is 0 Å². The second-order valence-electron chi connectivity index (χ2n) is 8.30. The van der Waals surface area contributed by atoms with Crippen molar-refractivity contribution in [1.82, 2.24) is 24.3 Å². The average molecular weight is 472 g/mol. The second kappa shape index (κ2) is 8.32. The molecular weight excluding hydrogens is 449 g/mol. The van der Waals surface area contributed by atoms with E-state index in [-0.39, 0.29) is 23.6 Å². The fourth-order valence-electron chi connectivity index (χ4n) is 4.30. The number of methoxy groups -OCH3 is 2. The van der Waals surface area contributed by atoms with Crippen LogP contribution in [-0.2, 0) is 17.3 Å². The molecule has 1 aromatic carbocycles. The summed E-state index contributed by atoms with van der Waals surface area (Å²) in [6.07, 6.45) is 3.09. The molecule has 4 heterocycles. The molecular formula is C23H23F3N6O2. The number of fused-ring (bicyclic) bond motifs is 1. The first-order chi connectivity index (χ1) is 16.3. The second-order valence-corrected chi connectivity index (χ2v) is 8.30. The molecule has 0 radical (unpaired) electrons. The summed E-state index contributed by atoms with van der Waals surface area (Å²) in [7, 11) is 3.12. The van der Waals surface area contributed by atoms with Gasteiger partial charge in [-0.3, -0.25) is 4.57 Å². The van der Waals surface area contributed by atoms with Gasteiger partial charge in [0.05, 0.1) is 25.0 Å². The molecule has 4 aromatic rings. The summed E-state index contributed by atoms with van der Waals surface area (Å²) < 4.78 is 56.3. The predicted molar refractivity (Wildman–Crippen MR) is 119 cm³/mol. The van der Waals surface area contributed by atoms with Gasteiger partial charge in [-0.2, -0.15) is 0 Å². The van der Waals surface area contributed by atoms with Gasteiger partial charge >= 0.3 is 0 Å². The lowest BCUT2D eigenvalue weighted by Crippen LogP contribution is -2.48. The van der Waals surface area contributed by atoms with Crippen LogP contribution in [0.15, 0.2) is 42.7 Å². The molecule has 0 aliphatic carbocycles. The van der Waals surface area contributed by atoms with E-state index in [9.17, 15) is 13.2 Å². The molecule has 11 heteroatoms. The van der Waals surface area contributed by atoms with Gasteiger partial charge in [-0.15, -0.1) is 10.2 Å². The summed E-state index contributed by atoms with van der Waals surface area (Å²) in [5.74, 6) is -1.95. The number of benzene rings is 1. The molecule has 0 N–H and O–H groups in total. The number of hydrogen-bond acceptors (Lipinski definition) is 6. The number of alkyl halides is 2. The lowest BCUT2D eigenvalue weighted by Gasteiger charge is -2.41. The topological polar surface area (TPSA) is 70.2 Å². The van der Waals surface area contributed by atoms with Crippen molar-refractivity contribution < 1.29 is 22.6 Å². The fraction of sp³-hybridized carbons (Fsp3) is 0.348. The summed E-state index contributed by atoms with van der Waals surface area (Å²) in [5.41, 5.74) is 1.13. The van der Waals surface area contributed by atoms with Gasteiger partial charge in [0.1, 0.15) is 12.4 Å². The lowest BCUT2D eigenvalue weighted by atomic mass is 10.1. The quantitative estimate of drug-likeness (QED) is 0.404. The first kappa shape index (κ1) is 22.2. The summed E-state index contributed by atoms with van der Waals surface area (Å²) in [6, 6.07) is 7.50. The minimum Gasteiger partial charge on any atom is -0.481 e. The molecule has 5 rings (SSSR count). The molecule has 178 valence electrons. The molecule has 0 amide bonds. The smallest absolute Gasteiger partial charge is 0.272 e. The van der Waals surface area contributed by atoms with E-state index in [4.69, 9.17) is 9.47 Å². The molecule has 3 aromatic heterocycles. The van der Waals surface area contributed by atoms with Crippen molar-refractivity contribution in [2.24, 2.45) is 0 Å². The molecule has 1 aliphatic heterocycles. The van der Waals surface area contributed by atoms with Crippen LogP contribution in [0.4, 0.5) is 19.1 Å². The minimum atomic E-state index is -3.09. The zero-order chi connectivity index (χ0) is 24.0. The van der Waals surface area contributed by atoms with Crippen LogP contribution >= 0.6 is 0 Å². The van der Waals surface area contributed by atoms with Gasteiger partial charge in [0.15, 0.2) is 5.82 Å². The maximum atomic E-state index is 14.2. The van der Waals surface area contributed by atoms with Crippen molar-refractivity contribution in [3.05, 3.63) is 59.9 Å². The van der Waals surface area contributed by atoms with E-state index in [0.717, 1.165) is 12.6 Å². The summed E-state index contributed by atoms with van der Waals surface area (Å²) in [5, 5.41) is 8.83. The van der Waals surface area contributed by atoms with Crippen molar-refractivity contribution >= 4 is 16.9 Å². The highest BCUT2D eigenvalue weighted by molar-refractivity contribution is 5.85. The normalized spacial score (nSPS) is 14.6. The first-order valence-corrected chi connectivity index (χ1v) is 10.7. The number of aromatic nitrogens is 5. The van der Waals surface area contributed by atoms with E-state index in [2.05, 4.69) is 15.2 Å². The van der Waals surface area contributed by atoms with Gasteiger partial charge in [-0.05, 0) is 24.3 Å². The Balaban J connectivity index is 1.46. The predicted octanol–water partition coefficient (Wildman–Crippen LogP) is 4.08. The van der Waals surface area contributed by atoms with Crippen LogP contribution in [0.25, 0.3) is 16.6 Å².